The number of aromatic hydroxyl groups is 2. The topological polar surface area (TPSA) is 98.7 Å². The first-order valence-corrected chi connectivity index (χ1v) is 7.32. The second-order valence-corrected chi connectivity index (χ2v) is 5.65. The number of phenols is 2. The first-order chi connectivity index (χ1) is 11.3. The summed E-state index contributed by atoms with van der Waals surface area (Å²) in [6.45, 7) is 2.74. The van der Waals surface area contributed by atoms with Crippen LogP contribution in [0.2, 0.25) is 0 Å². The van der Waals surface area contributed by atoms with E-state index in [0.29, 0.717) is 11.4 Å². The molecule has 0 heterocycles. The summed E-state index contributed by atoms with van der Waals surface area (Å²) in [5.41, 5.74) is 0.658. The number of rotatable bonds is 2. The van der Waals surface area contributed by atoms with Gasteiger partial charge in [0, 0.05) is 13.8 Å². The average Bonchev–Trinajstić information content (AvgIpc) is 2.46. The van der Waals surface area contributed by atoms with E-state index in [0.717, 1.165) is 21.5 Å². The molecule has 0 aliphatic rings. The second-order valence-electron chi connectivity index (χ2n) is 5.65. The number of phenolic OH excluding ortho intramolecular Hbond substituents is 2. The fraction of sp³-hybridized carbons (Fsp3) is 0.111. The minimum Gasteiger partial charge on any atom is -0.506 e. The Labute approximate surface area is 137 Å². The average molecular weight is 324 g/mol. The van der Waals surface area contributed by atoms with Gasteiger partial charge in [0.15, 0.2) is 0 Å². The summed E-state index contributed by atoms with van der Waals surface area (Å²) in [4.78, 5) is 22.4. The summed E-state index contributed by atoms with van der Waals surface area (Å²) in [5.74, 6) is -0.612. The Balaban J connectivity index is 2.20. The Kier molecular flexibility index (Phi) is 3.73. The molecule has 6 nitrogen and oxygen atoms in total. The molecule has 4 N–H and O–H groups in total. The van der Waals surface area contributed by atoms with Crippen molar-refractivity contribution in [1.29, 1.82) is 0 Å². The van der Waals surface area contributed by atoms with Crippen LogP contribution in [-0.4, -0.2) is 22.0 Å². The lowest BCUT2D eigenvalue weighted by atomic mass is 10.0. The third-order valence-corrected chi connectivity index (χ3v) is 3.65. The summed E-state index contributed by atoms with van der Waals surface area (Å²) in [6.07, 6.45) is 0. The highest BCUT2D eigenvalue weighted by Gasteiger charge is 2.09. The van der Waals surface area contributed by atoms with Crippen molar-refractivity contribution in [2.24, 2.45) is 0 Å². The summed E-state index contributed by atoms with van der Waals surface area (Å²) in [7, 11) is 0. The van der Waals surface area contributed by atoms with Gasteiger partial charge in [0.25, 0.3) is 0 Å². The van der Waals surface area contributed by atoms with Gasteiger partial charge in [-0.05, 0) is 57.9 Å². The van der Waals surface area contributed by atoms with Crippen molar-refractivity contribution < 1.29 is 19.8 Å². The standard InChI is InChI=1S/C18H16N2O4/c1-9(21)19-15-5-11-3-12-6-16(20-10(2)22)18(24)8-14(12)4-13(11)7-17(15)23/h3-8,23-24H,1-2H3,(H,19,21)(H,20,22). The molecule has 0 saturated carbocycles. The molecule has 3 aromatic rings. The van der Waals surface area contributed by atoms with Gasteiger partial charge >= 0.3 is 0 Å². The van der Waals surface area contributed by atoms with Gasteiger partial charge in [-0.15, -0.1) is 0 Å². The lowest BCUT2D eigenvalue weighted by molar-refractivity contribution is -0.115. The second kappa shape index (κ2) is 5.73. The van der Waals surface area contributed by atoms with E-state index in [9.17, 15) is 19.8 Å². The number of fused-ring (bicyclic) bond motifs is 2. The Morgan fingerprint density at radius 1 is 0.667 bits per heavy atom. The van der Waals surface area contributed by atoms with Crippen LogP contribution in [0.5, 0.6) is 11.5 Å². The Morgan fingerprint density at radius 3 is 1.33 bits per heavy atom. The molecule has 0 aliphatic heterocycles. The largest absolute Gasteiger partial charge is 0.506 e. The molecule has 0 fully saturated rings. The van der Waals surface area contributed by atoms with Crippen molar-refractivity contribution in [3.63, 3.8) is 0 Å². The van der Waals surface area contributed by atoms with Crippen LogP contribution >= 0.6 is 0 Å². The third-order valence-electron chi connectivity index (χ3n) is 3.65. The molecule has 2 amide bonds. The minimum atomic E-state index is -0.275. The zero-order valence-electron chi connectivity index (χ0n) is 13.2. The molecule has 0 bridgehead atoms. The lowest BCUT2D eigenvalue weighted by Gasteiger charge is -2.11. The molecule has 24 heavy (non-hydrogen) atoms. The summed E-state index contributed by atoms with van der Waals surface area (Å²) in [5, 5.41) is 28.3. The fourth-order valence-corrected chi connectivity index (χ4v) is 2.66. The van der Waals surface area contributed by atoms with Crippen molar-refractivity contribution in [1.82, 2.24) is 0 Å². The Bertz CT molecular complexity index is 918. The molecule has 0 spiro atoms. The van der Waals surface area contributed by atoms with E-state index in [1.54, 1.807) is 24.3 Å². The zero-order valence-corrected chi connectivity index (χ0v) is 13.2. The molecule has 122 valence electrons. The maximum absolute atomic E-state index is 11.2. The molecule has 0 saturated heterocycles. The molecular weight excluding hydrogens is 308 g/mol. The van der Waals surface area contributed by atoms with Crippen molar-refractivity contribution in [2.45, 2.75) is 13.8 Å². The molecule has 3 aromatic carbocycles. The van der Waals surface area contributed by atoms with Crippen LogP contribution in [0, 0.1) is 0 Å². The number of hydrogen-bond acceptors (Lipinski definition) is 4. The van der Waals surface area contributed by atoms with E-state index in [1.165, 1.54) is 13.8 Å². The van der Waals surface area contributed by atoms with E-state index in [1.807, 2.05) is 12.1 Å². The molecule has 0 unspecified atom stereocenters. The molecular formula is C18H16N2O4. The van der Waals surface area contributed by atoms with Gasteiger partial charge in [-0.3, -0.25) is 9.59 Å². The normalized spacial score (nSPS) is 10.8. The van der Waals surface area contributed by atoms with Crippen LogP contribution in [0.1, 0.15) is 13.8 Å². The summed E-state index contributed by atoms with van der Waals surface area (Å²) in [6, 6.07) is 10.1. The maximum Gasteiger partial charge on any atom is 0.221 e. The van der Waals surface area contributed by atoms with Gasteiger partial charge in [0.05, 0.1) is 11.4 Å². The molecule has 6 heteroatoms. The smallest absolute Gasteiger partial charge is 0.221 e. The number of anilines is 2. The minimum absolute atomic E-state index is 0.0314. The molecule has 0 aliphatic carbocycles. The highest BCUT2D eigenvalue weighted by molar-refractivity contribution is 6.04. The van der Waals surface area contributed by atoms with Crippen LogP contribution in [-0.2, 0) is 9.59 Å². The lowest BCUT2D eigenvalue weighted by Crippen LogP contribution is -2.06. The van der Waals surface area contributed by atoms with E-state index >= 15 is 0 Å². The third kappa shape index (κ3) is 2.94. The zero-order chi connectivity index (χ0) is 17.4. The van der Waals surface area contributed by atoms with Crippen molar-refractivity contribution >= 4 is 44.7 Å². The van der Waals surface area contributed by atoms with E-state index in [-0.39, 0.29) is 23.3 Å². The Morgan fingerprint density at radius 2 is 1.00 bits per heavy atom. The number of amides is 2. The van der Waals surface area contributed by atoms with Gasteiger partial charge in [0.1, 0.15) is 11.5 Å². The van der Waals surface area contributed by atoms with Gasteiger partial charge in [0.2, 0.25) is 11.8 Å². The monoisotopic (exact) mass is 324 g/mol. The van der Waals surface area contributed by atoms with Crippen LogP contribution in [0.25, 0.3) is 21.5 Å². The quantitative estimate of drug-likeness (QED) is 0.429. The first kappa shape index (κ1) is 15.6. The van der Waals surface area contributed by atoms with Gasteiger partial charge in [-0.25, -0.2) is 0 Å². The number of hydrogen-bond donors (Lipinski definition) is 4. The van der Waals surface area contributed by atoms with Crippen molar-refractivity contribution in [3.8, 4) is 11.5 Å². The summed E-state index contributed by atoms with van der Waals surface area (Å²) < 4.78 is 0. The predicted molar refractivity (Wildman–Crippen MR) is 93.4 cm³/mol. The van der Waals surface area contributed by atoms with E-state index in [2.05, 4.69) is 10.6 Å². The number of carbonyl (C=O) groups is 2. The molecule has 0 atom stereocenters. The van der Waals surface area contributed by atoms with Gasteiger partial charge in [-0.2, -0.15) is 0 Å². The SMILES string of the molecule is CC(=O)Nc1cc2cc3cc(NC(C)=O)c(O)cc3cc2cc1O. The van der Waals surface area contributed by atoms with Crippen LogP contribution in [0.15, 0.2) is 36.4 Å². The molecule has 3 rings (SSSR count). The van der Waals surface area contributed by atoms with Gasteiger partial charge < -0.3 is 20.8 Å². The fourth-order valence-electron chi connectivity index (χ4n) is 2.66. The van der Waals surface area contributed by atoms with Crippen LogP contribution in [0.4, 0.5) is 11.4 Å². The van der Waals surface area contributed by atoms with Crippen LogP contribution in [0.3, 0.4) is 0 Å². The predicted octanol–water partition coefficient (Wildman–Crippen LogP) is 3.32. The maximum atomic E-state index is 11.2. The first-order valence-electron chi connectivity index (χ1n) is 7.32. The van der Waals surface area contributed by atoms with Gasteiger partial charge in [-0.1, -0.05) is 0 Å². The number of benzene rings is 3. The number of carbonyl (C=O) groups excluding carboxylic acids is 2. The number of nitrogens with one attached hydrogen (secondary N) is 2. The Hall–Kier alpha value is -3.28. The highest BCUT2D eigenvalue weighted by atomic mass is 16.3. The van der Waals surface area contributed by atoms with E-state index < -0.39 is 0 Å². The molecule has 0 radical (unpaired) electrons. The van der Waals surface area contributed by atoms with Crippen molar-refractivity contribution in [3.05, 3.63) is 36.4 Å². The van der Waals surface area contributed by atoms with Crippen molar-refractivity contribution in [2.75, 3.05) is 10.6 Å². The van der Waals surface area contributed by atoms with E-state index in [4.69, 9.17) is 0 Å². The van der Waals surface area contributed by atoms with Crippen LogP contribution < -0.4 is 10.6 Å². The molecule has 0 aromatic heterocycles. The summed E-state index contributed by atoms with van der Waals surface area (Å²) >= 11 is 0. The highest BCUT2D eigenvalue weighted by Crippen LogP contribution is 2.35.